The molecule has 0 bridgehead atoms. The number of nitrogens with two attached hydrogens (primary N) is 5. The third-order valence-corrected chi connectivity index (χ3v) is 18.7. The SMILES string of the molecule is CCCC[C@H]1NC(=O)[C@H](Cc2ccc(F)cc2)NC(=O)[C@H](CCCNC(=N)N)NC(=O)[C@@H](Cc2ccc3ccccc3c2)NC(=O)[C@H](CCCNC(=N)N)NC(=O)[C@H](CCCNC(=N)N)NC(=O)[C@H](CCCNC(=N)N)NC(=O)[C@H](C)NC(=O)[C@H]([C@@H](C)O)NC(=O)[C@@H](Cc2c[nH]c3ccccc23)NC(=O)[C@@H](CCC(N)=O)NC1=O. The van der Waals surface area contributed by atoms with Gasteiger partial charge in [-0.25, -0.2) is 4.39 Å². The second-order valence-electron chi connectivity index (χ2n) is 27.9. The number of primary amides is 1. The maximum atomic E-state index is 15.4. The first-order chi connectivity index (χ1) is 54.3. The molecule has 2 heterocycles. The molecule has 1 saturated heterocycles. The largest absolute Gasteiger partial charge is 0.391 e. The van der Waals surface area contributed by atoms with Crippen LogP contribution in [0.5, 0.6) is 0 Å². The summed E-state index contributed by atoms with van der Waals surface area (Å²) < 4.78 is 14.6. The van der Waals surface area contributed by atoms with Gasteiger partial charge in [-0.05, 0) is 124 Å². The van der Waals surface area contributed by atoms with Crippen molar-refractivity contribution in [2.24, 2.45) is 28.7 Å². The highest BCUT2D eigenvalue weighted by Crippen LogP contribution is 2.22. The average molecular weight is 1590 g/mol. The molecule has 0 radical (unpaired) electrons. The van der Waals surface area contributed by atoms with Crippen molar-refractivity contribution < 1.29 is 67.0 Å². The molecule has 12 amide bonds. The summed E-state index contributed by atoms with van der Waals surface area (Å²) in [5.41, 5.74) is 29.9. The number of guanidine groups is 4. The van der Waals surface area contributed by atoms with Gasteiger partial charge in [0.25, 0.3) is 0 Å². The average Bonchev–Trinajstić information content (AvgIpc) is 1.59. The molecule has 0 spiro atoms. The maximum Gasteiger partial charge on any atom is 0.245 e. The predicted octanol–water partition coefficient (Wildman–Crippen LogP) is -3.26. The molecule has 618 valence electrons. The number of carbonyl (C=O) groups is 12. The number of carbonyl (C=O) groups excluding carboxylic acids is 12. The zero-order valence-electron chi connectivity index (χ0n) is 63.9. The number of rotatable bonds is 29. The quantitative estimate of drug-likeness (QED) is 0.0127. The van der Waals surface area contributed by atoms with Gasteiger partial charge in [0, 0.05) is 69.0 Å². The summed E-state index contributed by atoms with van der Waals surface area (Å²) in [4.78, 5) is 180. The van der Waals surface area contributed by atoms with E-state index < -0.39 is 186 Å². The van der Waals surface area contributed by atoms with Crippen LogP contribution in [0.1, 0.15) is 121 Å². The third-order valence-electron chi connectivity index (χ3n) is 18.7. The number of aromatic nitrogens is 1. The molecule has 0 saturated carbocycles. The summed E-state index contributed by atoms with van der Waals surface area (Å²) in [5, 5.41) is 84.0. The Bertz CT molecular complexity index is 4220. The van der Waals surface area contributed by atoms with Gasteiger partial charge < -0.3 is 119 Å². The molecule has 38 nitrogen and oxygen atoms in total. The van der Waals surface area contributed by atoms with Crippen LogP contribution in [0.4, 0.5) is 4.39 Å². The van der Waals surface area contributed by atoms with Gasteiger partial charge in [0.05, 0.1) is 6.10 Å². The first-order valence-electron chi connectivity index (χ1n) is 37.7. The molecule has 1 aliphatic rings. The highest BCUT2D eigenvalue weighted by molar-refractivity contribution is 6.01. The van der Waals surface area contributed by atoms with Crippen molar-refractivity contribution >= 4 is 116 Å². The molecule has 39 heteroatoms. The Hall–Kier alpha value is -12.7. The number of nitrogens with one attached hydrogen (secondary N) is 20. The van der Waals surface area contributed by atoms with Crippen LogP contribution in [-0.2, 0) is 76.8 Å². The minimum atomic E-state index is -1.89. The summed E-state index contributed by atoms with van der Waals surface area (Å²) >= 11 is 0. The monoisotopic (exact) mass is 1590 g/mol. The van der Waals surface area contributed by atoms with Gasteiger partial charge in [0.1, 0.15) is 72.3 Å². The van der Waals surface area contributed by atoms with E-state index in [-0.39, 0.29) is 110 Å². The van der Waals surface area contributed by atoms with E-state index in [2.05, 4.69) is 84.7 Å². The minimum absolute atomic E-state index is 0.0129. The van der Waals surface area contributed by atoms with Gasteiger partial charge in [-0.3, -0.25) is 79.2 Å². The fourth-order valence-corrected chi connectivity index (χ4v) is 12.5. The van der Waals surface area contributed by atoms with Gasteiger partial charge in [-0.1, -0.05) is 92.6 Å². The first-order valence-corrected chi connectivity index (χ1v) is 37.7. The van der Waals surface area contributed by atoms with E-state index in [1.807, 2.05) is 18.2 Å². The summed E-state index contributed by atoms with van der Waals surface area (Å²) in [6.07, 6.45) is -2.39. The van der Waals surface area contributed by atoms with Crippen molar-refractivity contribution in [2.75, 3.05) is 26.2 Å². The molecule has 31 N–H and O–H groups in total. The molecule has 5 aromatic rings. The third kappa shape index (κ3) is 30.2. The molecule has 1 aliphatic heterocycles. The summed E-state index contributed by atoms with van der Waals surface area (Å²) in [6, 6.07) is 6.35. The van der Waals surface area contributed by atoms with Gasteiger partial charge in [0.15, 0.2) is 23.8 Å². The van der Waals surface area contributed by atoms with E-state index in [0.29, 0.717) is 34.0 Å². The Kier molecular flexibility index (Phi) is 36.1. The molecule has 12 atom stereocenters. The number of halogens is 1. The van der Waals surface area contributed by atoms with Crippen molar-refractivity contribution in [1.82, 2.24) is 84.7 Å². The molecular weight excluding hydrogens is 1480 g/mol. The zero-order chi connectivity index (χ0) is 83.6. The van der Waals surface area contributed by atoms with Crippen LogP contribution in [0.15, 0.2) is 97.2 Å². The number of H-pyrrole nitrogens is 1. The Balaban J connectivity index is 1.53. The molecule has 6 rings (SSSR count). The van der Waals surface area contributed by atoms with E-state index in [1.165, 1.54) is 19.1 Å². The van der Waals surface area contributed by atoms with Crippen molar-refractivity contribution in [3.8, 4) is 0 Å². The van der Waals surface area contributed by atoms with Gasteiger partial charge >= 0.3 is 0 Å². The summed E-state index contributed by atoms with van der Waals surface area (Å²) in [6.45, 7) is 4.08. The van der Waals surface area contributed by atoms with Gasteiger partial charge in [-0.2, -0.15) is 0 Å². The fraction of sp³-hybridized carbons (Fsp3) is 0.467. The standard InChI is InChI=1S/C75H108FN25O13/c1-4-5-17-50-62(105)97-55(29-30-59(77)103)67(110)100-58(38-46-39-90-49-18-9-8-16-48(46)49)70(113)101-60(41(3)102)71(114)91-40(2)61(104)92-51(19-10-31-86-72(78)79)63(106)93-52(20-11-32-87-73(80)81)64(107)94-53(21-12-33-88-74(82)83)65(108)99-57(37-43-23-26-44-14-6-7-15-45(44)35-43)69(112)96-54(22-13-34-89-75(84)85)66(109)98-56(68(111)95-50)36-42-24-27-47(76)28-25-42/h6-9,14-16,18,23-28,35,39-41,50-58,60,90,102H,4-5,10-13,17,19-22,29-34,36-38H2,1-3H3,(H2,77,103)(H,91,114)(H,92,104)(H,93,106)(H,94,107)(H,95,111)(H,96,112)(H,97,105)(H,98,109)(H,99,108)(H,100,110)(H,101,113)(H4,78,79,86)(H4,80,81,87)(H4,82,83,88)(H4,84,85,89)/t40-,41+,50+,51-,52-,53-,54-,55+,56-,57+,58+,60-/m0/s1. The zero-order valence-corrected chi connectivity index (χ0v) is 63.9. The highest BCUT2D eigenvalue weighted by atomic mass is 19.1. The van der Waals surface area contributed by atoms with Gasteiger partial charge in [-0.15, -0.1) is 0 Å². The number of hydrogen-bond donors (Lipinski definition) is 26. The smallest absolute Gasteiger partial charge is 0.245 e. The molecule has 4 aromatic carbocycles. The molecule has 1 aromatic heterocycles. The van der Waals surface area contributed by atoms with Crippen LogP contribution in [0.25, 0.3) is 21.7 Å². The van der Waals surface area contributed by atoms with Gasteiger partial charge in [0.2, 0.25) is 70.9 Å². The van der Waals surface area contributed by atoms with E-state index >= 15 is 24.0 Å². The summed E-state index contributed by atoms with van der Waals surface area (Å²) in [5.74, 6) is -14.6. The summed E-state index contributed by atoms with van der Waals surface area (Å²) in [7, 11) is 0. The number of aliphatic hydroxyl groups excluding tert-OH is 1. The lowest BCUT2D eigenvalue weighted by molar-refractivity contribution is -0.137. The lowest BCUT2D eigenvalue weighted by Gasteiger charge is -2.29. The molecule has 114 heavy (non-hydrogen) atoms. The highest BCUT2D eigenvalue weighted by Gasteiger charge is 2.38. The Morgan fingerprint density at radius 1 is 0.430 bits per heavy atom. The first kappa shape index (κ1) is 90.2. The number of para-hydroxylation sites is 1. The van der Waals surface area contributed by atoms with Crippen molar-refractivity contribution in [2.45, 2.75) is 196 Å². The molecule has 1 fully saturated rings. The van der Waals surface area contributed by atoms with E-state index in [1.54, 1.807) is 61.7 Å². The van der Waals surface area contributed by atoms with E-state index in [4.69, 9.17) is 50.3 Å². The number of benzene rings is 4. The van der Waals surface area contributed by atoms with Crippen LogP contribution < -0.4 is 108 Å². The predicted molar refractivity (Wildman–Crippen MR) is 423 cm³/mol. The number of amides is 12. The number of unbranched alkanes of at least 4 members (excludes halogenated alkanes) is 1. The van der Waals surface area contributed by atoms with Crippen LogP contribution in [-0.4, -0.2) is 204 Å². The molecule has 0 unspecified atom stereocenters. The molecule has 0 aliphatic carbocycles. The topological polar surface area (TPSA) is 647 Å². The fourth-order valence-electron chi connectivity index (χ4n) is 12.5. The van der Waals surface area contributed by atoms with Crippen LogP contribution in [0.3, 0.4) is 0 Å². The Morgan fingerprint density at radius 2 is 0.789 bits per heavy atom. The maximum absolute atomic E-state index is 15.4. The van der Waals surface area contributed by atoms with Crippen molar-refractivity contribution in [1.29, 1.82) is 21.6 Å². The normalized spacial score (nSPS) is 22.0. The van der Waals surface area contributed by atoms with Crippen molar-refractivity contribution in [3.05, 3.63) is 120 Å². The van der Waals surface area contributed by atoms with Crippen molar-refractivity contribution in [3.63, 3.8) is 0 Å². The van der Waals surface area contributed by atoms with E-state index in [9.17, 15) is 43.1 Å². The Labute approximate surface area is 657 Å². The lowest BCUT2D eigenvalue weighted by Crippen LogP contribution is -2.62. The minimum Gasteiger partial charge on any atom is -0.391 e. The Morgan fingerprint density at radius 3 is 1.22 bits per heavy atom. The number of aliphatic hydroxyl groups is 1. The van der Waals surface area contributed by atoms with E-state index in [0.717, 1.165) is 29.8 Å². The number of fused-ring (bicyclic) bond motifs is 2. The number of aromatic amines is 1. The van der Waals surface area contributed by atoms with Crippen LogP contribution in [0.2, 0.25) is 0 Å². The lowest BCUT2D eigenvalue weighted by atomic mass is 9.99. The second-order valence-corrected chi connectivity index (χ2v) is 27.9. The van der Waals surface area contributed by atoms with Crippen LogP contribution >= 0.6 is 0 Å². The molecular formula is C75H108FN25O13. The second kappa shape index (κ2) is 45.6. The number of hydrogen-bond acceptors (Lipinski definition) is 17. The van der Waals surface area contributed by atoms with Crippen LogP contribution in [0, 0.1) is 27.5 Å².